The summed E-state index contributed by atoms with van der Waals surface area (Å²) < 4.78 is 23.6. The lowest BCUT2D eigenvalue weighted by molar-refractivity contribution is 0.149. The summed E-state index contributed by atoms with van der Waals surface area (Å²) in [5.41, 5.74) is 3.51. The molecule has 0 aliphatic rings. The zero-order valence-corrected chi connectivity index (χ0v) is 11.1. The molecule has 0 bridgehead atoms. The Kier molecular flexibility index (Phi) is 6.04. The van der Waals surface area contributed by atoms with Gasteiger partial charge in [-0.1, -0.05) is 13.0 Å². The van der Waals surface area contributed by atoms with Crippen molar-refractivity contribution in [2.45, 2.75) is 19.4 Å². The second kappa shape index (κ2) is 7.31. The van der Waals surface area contributed by atoms with Crippen molar-refractivity contribution >= 4 is 0 Å². The molecule has 1 aromatic carbocycles. The summed E-state index contributed by atoms with van der Waals surface area (Å²) in [7, 11) is 3.10. The Morgan fingerprint density at radius 3 is 2.61 bits per heavy atom. The third kappa shape index (κ3) is 3.94. The van der Waals surface area contributed by atoms with E-state index in [0.717, 1.165) is 12.0 Å². The number of nitrogens with two attached hydrogens (primary N) is 1. The fraction of sp³-hybridized carbons (Fsp3) is 0.538. The van der Waals surface area contributed by atoms with E-state index in [1.165, 1.54) is 13.2 Å². The molecular weight excluding hydrogens is 235 g/mol. The number of hydrogen-bond acceptors (Lipinski definition) is 4. The number of hydrazine groups is 1. The number of benzene rings is 1. The van der Waals surface area contributed by atoms with Gasteiger partial charge in [-0.25, -0.2) is 4.39 Å². The van der Waals surface area contributed by atoms with Crippen LogP contribution in [0.3, 0.4) is 0 Å². The predicted molar refractivity (Wildman–Crippen MR) is 68.7 cm³/mol. The van der Waals surface area contributed by atoms with E-state index in [4.69, 9.17) is 15.3 Å². The summed E-state index contributed by atoms with van der Waals surface area (Å²) in [5.74, 6) is 5.72. The molecule has 0 amide bonds. The van der Waals surface area contributed by atoms with Crippen LogP contribution in [-0.4, -0.2) is 20.8 Å². The van der Waals surface area contributed by atoms with Crippen LogP contribution in [0.5, 0.6) is 5.75 Å². The number of rotatable bonds is 7. The highest BCUT2D eigenvalue weighted by molar-refractivity contribution is 5.31. The molecule has 0 spiro atoms. The van der Waals surface area contributed by atoms with Gasteiger partial charge in [0.05, 0.1) is 7.11 Å². The zero-order valence-electron chi connectivity index (χ0n) is 11.1. The van der Waals surface area contributed by atoms with Gasteiger partial charge in [0.1, 0.15) is 0 Å². The first-order valence-electron chi connectivity index (χ1n) is 5.90. The monoisotopic (exact) mass is 256 g/mol. The van der Waals surface area contributed by atoms with Gasteiger partial charge in [-0.2, -0.15) is 0 Å². The van der Waals surface area contributed by atoms with Crippen LogP contribution in [0, 0.1) is 11.7 Å². The highest BCUT2D eigenvalue weighted by Gasteiger charge is 2.15. The van der Waals surface area contributed by atoms with Gasteiger partial charge in [0.25, 0.3) is 0 Å². The van der Waals surface area contributed by atoms with Gasteiger partial charge in [0, 0.05) is 19.8 Å². The lowest BCUT2D eigenvalue weighted by Gasteiger charge is -2.20. The lowest BCUT2D eigenvalue weighted by Crippen LogP contribution is -2.30. The highest BCUT2D eigenvalue weighted by atomic mass is 19.1. The van der Waals surface area contributed by atoms with Crippen molar-refractivity contribution in [3.05, 3.63) is 29.6 Å². The Labute approximate surface area is 107 Å². The number of hydrogen-bond donors (Lipinski definition) is 2. The Hall–Kier alpha value is -1.17. The minimum atomic E-state index is -0.380. The Bertz CT molecular complexity index is 374. The maximum atomic E-state index is 13.6. The largest absolute Gasteiger partial charge is 0.494 e. The summed E-state index contributed by atoms with van der Waals surface area (Å²) in [4.78, 5) is 0. The van der Waals surface area contributed by atoms with E-state index in [0.29, 0.717) is 12.5 Å². The molecule has 0 radical (unpaired) electrons. The first-order valence-corrected chi connectivity index (χ1v) is 5.90. The Morgan fingerprint density at radius 2 is 2.11 bits per heavy atom. The number of ether oxygens (including phenoxy) is 2. The maximum absolute atomic E-state index is 13.6. The fourth-order valence-electron chi connectivity index (χ4n) is 1.95. The van der Waals surface area contributed by atoms with Gasteiger partial charge >= 0.3 is 0 Å². The molecule has 2 unspecified atom stereocenters. The normalized spacial score (nSPS) is 14.3. The molecule has 1 rings (SSSR count). The smallest absolute Gasteiger partial charge is 0.165 e. The standard InChI is InChI=1S/C13H21FN2O2/c1-9(8-17-2)6-12(16-15)10-4-5-13(18-3)11(14)7-10/h4-5,7,9,12,16H,6,8,15H2,1-3H3. The molecule has 0 heterocycles. The van der Waals surface area contributed by atoms with Crippen LogP contribution in [0.4, 0.5) is 4.39 Å². The van der Waals surface area contributed by atoms with E-state index >= 15 is 0 Å². The van der Waals surface area contributed by atoms with E-state index in [-0.39, 0.29) is 17.6 Å². The fourth-order valence-corrected chi connectivity index (χ4v) is 1.95. The van der Waals surface area contributed by atoms with Crippen LogP contribution in [0.15, 0.2) is 18.2 Å². The van der Waals surface area contributed by atoms with Crippen molar-refractivity contribution in [2.24, 2.45) is 11.8 Å². The van der Waals surface area contributed by atoms with Gasteiger partial charge < -0.3 is 9.47 Å². The molecule has 5 heteroatoms. The summed E-state index contributed by atoms with van der Waals surface area (Å²) in [6, 6.07) is 4.76. The third-order valence-corrected chi connectivity index (χ3v) is 2.87. The van der Waals surface area contributed by atoms with Crippen molar-refractivity contribution in [1.82, 2.24) is 5.43 Å². The molecule has 0 fully saturated rings. The van der Waals surface area contributed by atoms with Gasteiger partial charge in [0.2, 0.25) is 0 Å². The molecule has 0 saturated carbocycles. The second-order valence-corrected chi connectivity index (χ2v) is 4.41. The molecule has 0 aliphatic heterocycles. The topological polar surface area (TPSA) is 56.5 Å². The van der Waals surface area contributed by atoms with Crippen LogP contribution in [0.2, 0.25) is 0 Å². The predicted octanol–water partition coefficient (Wildman–Crippen LogP) is 2.01. The van der Waals surface area contributed by atoms with Crippen molar-refractivity contribution in [3.63, 3.8) is 0 Å². The van der Waals surface area contributed by atoms with E-state index in [2.05, 4.69) is 12.3 Å². The van der Waals surface area contributed by atoms with E-state index in [1.807, 2.05) is 6.07 Å². The average Bonchev–Trinajstić information content (AvgIpc) is 2.36. The van der Waals surface area contributed by atoms with Crippen LogP contribution in [0.25, 0.3) is 0 Å². The molecule has 0 aromatic heterocycles. The molecular formula is C13H21FN2O2. The van der Waals surface area contributed by atoms with Crippen molar-refractivity contribution in [3.8, 4) is 5.75 Å². The van der Waals surface area contributed by atoms with Crippen molar-refractivity contribution < 1.29 is 13.9 Å². The summed E-state index contributed by atoms with van der Waals surface area (Å²) >= 11 is 0. The molecule has 3 N–H and O–H groups in total. The molecule has 18 heavy (non-hydrogen) atoms. The number of methoxy groups -OCH3 is 2. The highest BCUT2D eigenvalue weighted by Crippen LogP contribution is 2.25. The summed E-state index contributed by atoms with van der Waals surface area (Å²) in [6.45, 7) is 2.71. The first-order chi connectivity index (χ1) is 8.62. The Morgan fingerprint density at radius 1 is 1.39 bits per heavy atom. The van der Waals surface area contributed by atoms with Crippen molar-refractivity contribution in [2.75, 3.05) is 20.8 Å². The first kappa shape index (κ1) is 14.9. The third-order valence-electron chi connectivity index (χ3n) is 2.87. The number of nitrogens with one attached hydrogen (secondary N) is 1. The molecule has 0 aliphatic carbocycles. The van der Waals surface area contributed by atoms with E-state index < -0.39 is 0 Å². The van der Waals surface area contributed by atoms with Crippen LogP contribution >= 0.6 is 0 Å². The number of halogens is 1. The van der Waals surface area contributed by atoms with E-state index in [1.54, 1.807) is 13.2 Å². The lowest BCUT2D eigenvalue weighted by atomic mass is 9.96. The quantitative estimate of drug-likeness (QED) is 0.579. The molecule has 0 saturated heterocycles. The molecule has 1 aromatic rings. The molecule has 2 atom stereocenters. The van der Waals surface area contributed by atoms with Crippen LogP contribution in [0.1, 0.15) is 24.9 Å². The minimum Gasteiger partial charge on any atom is -0.494 e. The maximum Gasteiger partial charge on any atom is 0.165 e. The summed E-state index contributed by atoms with van der Waals surface area (Å²) in [6.07, 6.45) is 0.774. The van der Waals surface area contributed by atoms with Crippen LogP contribution < -0.4 is 16.0 Å². The van der Waals surface area contributed by atoms with Crippen molar-refractivity contribution in [1.29, 1.82) is 0 Å². The minimum absolute atomic E-state index is 0.101. The van der Waals surface area contributed by atoms with Gasteiger partial charge in [-0.3, -0.25) is 11.3 Å². The molecule has 4 nitrogen and oxygen atoms in total. The van der Waals surface area contributed by atoms with E-state index in [9.17, 15) is 4.39 Å². The SMILES string of the molecule is COCC(C)CC(NN)c1ccc(OC)c(F)c1. The Balaban J connectivity index is 2.78. The van der Waals surface area contributed by atoms with Gasteiger partial charge in [-0.15, -0.1) is 0 Å². The summed E-state index contributed by atoms with van der Waals surface area (Å²) in [5, 5.41) is 0. The average molecular weight is 256 g/mol. The second-order valence-electron chi connectivity index (χ2n) is 4.41. The van der Waals surface area contributed by atoms with Gasteiger partial charge in [-0.05, 0) is 30.0 Å². The zero-order chi connectivity index (χ0) is 13.5. The van der Waals surface area contributed by atoms with Crippen LogP contribution in [-0.2, 0) is 4.74 Å². The van der Waals surface area contributed by atoms with Gasteiger partial charge in [0.15, 0.2) is 11.6 Å². The molecule has 102 valence electrons.